The van der Waals surface area contributed by atoms with E-state index in [-0.39, 0.29) is 5.95 Å². The van der Waals surface area contributed by atoms with E-state index in [2.05, 4.69) is 41.8 Å². The highest BCUT2D eigenvalue weighted by Crippen LogP contribution is 1.94. The van der Waals surface area contributed by atoms with Gasteiger partial charge in [-0.25, -0.2) is 0 Å². The monoisotopic (exact) mass is 170 g/mol. The number of hydrogen-bond donors (Lipinski definition) is 3. The first-order valence-corrected chi connectivity index (χ1v) is 2.68. The second kappa shape index (κ2) is 3.80. The van der Waals surface area contributed by atoms with Crippen LogP contribution in [0.3, 0.4) is 0 Å². The molecule has 0 radical (unpaired) electrons. The molecule has 0 saturated carbocycles. The normalized spacial score (nSPS) is 12.2. The molecule has 0 saturated heterocycles. The van der Waals surface area contributed by atoms with Gasteiger partial charge in [0.1, 0.15) is 0 Å². The Balaban J connectivity index is 2.37. The molecule has 1 rings (SSSR count). The molecule has 12 heavy (non-hydrogen) atoms. The molecule has 0 bridgehead atoms. The van der Waals surface area contributed by atoms with Crippen molar-refractivity contribution in [1.29, 1.82) is 0 Å². The predicted molar refractivity (Wildman–Crippen MR) is 33.5 cm³/mol. The highest BCUT2D eigenvalue weighted by molar-refractivity contribution is 5.65. The Kier molecular flexibility index (Phi) is 2.48. The first kappa shape index (κ1) is 7.84. The van der Waals surface area contributed by atoms with Crippen molar-refractivity contribution in [3.63, 3.8) is 0 Å². The van der Waals surface area contributed by atoms with Crippen molar-refractivity contribution in [2.24, 2.45) is 21.2 Å². The van der Waals surface area contributed by atoms with Crippen LogP contribution in [0.2, 0.25) is 0 Å². The number of hydrazone groups is 1. The fourth-order valence-electron chi connectivity index (χ4n) is 0.338. The zero-order valence-corrected chi connectivity index (χ0v) is 5.67. The summed E-state index contributed by atoms with van der Waals surface area (Å²) in [5.41, 5.74) is 6.54. The summed E-state index contributed by atoms with van der Waals surface area (Å²) < 4.78 is 0. The van der Waals surface area contributed by atoms with Crippen LogP contribution in [0.15, 0.2) is 15.4 Å². The molecule has 1 aromatic heterocycles. The number of aromatic amines is 1. The fourth-order valence-corrected chi connectivity index (χ4v) is 0.338. The van der Waals surface area contributed by atoms with Crippen LogP contribution in [0.4, 0.5) is 5.95 Å². The maximum atomic E-state index is 10.0. The minimum atomic E-state index is -0.901. The molecule has 0 atom stereocenters. The average molecular weight is 170 g/mol. The quantitative estimate of drug-likeness (QED) is 0.195. The van der Waals surface area contributed by atoms with E-state index in [1.165, 1.54) is 0 Å². The Labute approximate surface area is 65.5 Å². The molecule has 64 valence electrons. The summed E-state index contributed by atoms with van der Waals surface area (Å²) in [6.07, 6.45) is 0. The summed E-state index contributed by atoms with van der Waals surface area (Å²) in [5, 5.41) is 31.7. The van der Waals surface area contributed by atoms with Crippen LogP contribution in [0.1, 0.15) is 0 Å². The Hall–Kier alpha value is -2.26. The van der Waals surface area contributed by atoms with Gasteiger partial charge in [0.2, 0.25) is 0 Å². The largest absolute Gasteiger partial charge is 0.845 e. The van der Waals surface area contributed by atoms with Gasteiger partial charge in [0.05, 0.1) is 6.02 Å². The van der Waals surface area contributed by atoms with Crippen LogP contribution in [0, 0.1) is 0 Å². The topological polar surface area (TPSA) is 153 Å². The van der Waals surface area contributed by atoms with Gasteiger partial charge in [-0.1, -0.05) is 10.2 Å². The van der Waals surface area contributed by atoms with Crippen LogP contribution >= 0.6 is 0 Å². The predicted octanol–water partition coefficient (Wildman–Crippen LogP) is -2.62. The molecular weight excluding hydrogens is 166 g/mol. The number of amidine groups is 1. The molecule has 0 aliphatic heterocycles. The number of nitrogens with two attached hydrogens (primary N) is 1. The summed E-state index contributed by atoms with van der Waals surface area (Å²) >= 11 is 0. The van der Waals surface area contributed by atoms with Gasteiger partial charge in [-0.3, -0.25) is 0 Å². The molecule has 0 unspecified atom stereocenters. The van der Waals surface area contributed by atoms with Gasteiger partial charge in [-0.05, 0) is 10.4 Å². The Morgan fingerprint density at radius 2 is 2.50 bits per heavy atom. The van der Waals surface area contributed by atoms with E-state index in [0.29, 0.717) is 0 Å². The molecule has 0 aliphatic rings. The van der Waals surface area contributed by atoms with Crippen molar-refractivity contribution in [3.8, 4) is 0 Å². The maximum Gasteiger partial charge on any atom is 0.309 e. The Morgan fingerprint density at radius 3 is 3.08 bits per heavy atom. The molecule has 0 spiro atoms. The minimum Gasteiger partial charge on any atom is -0.845 e. The number of nitrogens with one attached hydrogen (secondary N) is 2. The van der Waals surface area contributed by atoms with Crippen molar-refractivity contribution in [2.75, 3.05) is 0 Å². The number of hydrogen-bond acceptors (Lipinski definition) is 7. The van der Waals surface area contributed by atoms with Crippen molar-refractivity contribution < 1.29 is 5.11 Å². The lowest BCUT2D eigenvalue weighted by Crippen LogP contribution is -2.29. The van der Waals surface area contributed by atoms with Gasteiger partial charge < -0.3 is 10.8 Å². The van der Waals surface area contributed by atoms with E-state index < -0.39 is 6.02 Å². The van der Waals surface area contributed by atoms with Crippen LogP contribution in [0.5, 0.6) is 0 Å². The van der Waals surface area contributed by atoms with Crippen LogP contribution in [-0.2, 0) is 0 Å². The molecular formula is C2H4N9O-. The molecule has 1 aromatic rings. The zero-order valence-electron chi connectivity index (χ0n) is 5.67. The maximum absolute atomic E-state index is 10.0. The summed E-state index contributed by atoms with van der Waals surface area (Å²) in [6.45, 7) is 0. The van der Waals surface area contributed by atoms with E-state index in [1.54, 1.807) is 0 Å². The third kappa shape index (κ3) is 2.55. The molecule has 10 heteroatoms. The third-order valence-electron chi connectivity index (χ3n) is 0.679. The van der Waals surface area contributed by atoms with Crippen LogP contribution < -0.4 is 16.4 Å². The van der Waals surface area contributed by atoms with E-state index in [0.717, 1.165) is 0 Å². The fraction of sp³-hybridized carbons (Fsp3) is 0. The molecule has 0 amide bonds. The van der Waals surface area contributed by atoms with Gasteiger partial charge in [0, 0.05) is 0 Å². The minimum absolute atomic E-state index is 0.0159. The first-order valence-electron chi connectivity index (χ1n) is 2.68. The smallest absolute Gasteiger partial charge is 0.309 e. The molecule has 0 aliphatic carbocycles. The standard InChI is InChI=1S/C2H5N9O/c3-1(12)4-8-9-5-2-6-10-11-7-2/h(H3,3,4,9,12)(H2,5,6,7,8,10,11)/p-1. The van der Waals surface area contributed by atoms with Gasteiger partial charge >= 0.3 is 5.95 Å². The van der Waals surface area contributed by atoms with Crippen molar-refractivity contribution in [3.05, 3.63) is 0 Å². The van der Waals surface area contributed by atoms with Crippen molar-refractivity contribution in [2.45, 2.75) is 0 Å². The number of aromatic nitrogens is 4. The number of nitrogens with zero attached hydrogens (tertiary/aromatic N) is 6. The lowest BCUT2D eigenvalue weighted by atomic mass is 11.1. The van der Waals surface area contributed by atoms with Gasteiger partial charge in [0.25, 0.3) is 0 Å². The van der Waals surface area contributed by atoms with Gasteiger partial charge in [-0.15, -0.1) is 5.10 Å². The van der Waals surface area contributed by atoms with Crippen LogP contribution in [-0.4, -0.2) is 26.6 Å². The molecule has 10 nitrogen and oxygen atoms in total. The summed E-state index contributed by atoms with van der Waals surface area (Å²) in [5.74, 6) is 0.0159. The third-order valence-corrected chi connectivity index (χ3v) is 0.679. The number of H-pyrrole nitrogens is 1. The highest BCUT2D eigenvalue weighted by Gasteiger charge is 1.89. The Morgan fingerprint density at radius 1 is 1.67 bits per heavy atom. The van der Waals surface area contributed by atoms with E-state index >= 15 is 0 Å². The zero-order chi connectivity index (χ0) is 8.81. The summed E-state index contributed by atoms with van der Waals surface area (Å²) in [6, 6.07) is -0.901. The summed E-state index contributed by atoms with van der Waals surface area (Å²) in [4.78, 5) is 0. The van der Waals surface area contributed by atoms with E-state index in [1.807, 2.05) is 5.53 Å². The molecule has 4 N–H and O–H groups in total. The number of tetrazole rings is 1. The Bertz CT molecular complexity index is 269. The first-order chi connectivity index (χ1) is 5.79. The molecule has 1 heterocycles. The van der Waals surface area contributed by atoms with Gasteiger partial charge in [0.15, 0.2) is 0 Å². The highest BCUT2D eigenvalue weighted by atomic mass is 16.3. The second-order valence-corrected chi connectivity index (χ2v) is 1.46. The van der Waals surface area contributed by atoms with E-state index in [4.69, 9.17) is 0 Å². The van der Waals surface area contributed by atoms with Crippen molar-refractivity contribution >= 4 is 12.0 Å². The number of rotatable bonds is 3. The second-order valence-electron chi connectivity index (χ2n) is 1.46. The van der Waals surface area contributed by atoms with Crippen LogP contribution in [0.25, 0.3) is 0 Å². The average Bonchev–Trinajstić information content (AvgIpc) is 2.49. The van der Waals surface area contributed by atoms with E-state index in [9.17, 15) is 5.11 Å². The molecule has 0 fully saturated rings. The van der Waals surface area contributed by atoms with Gasteiger partial charge in [-0.2, -0.15) is 15.8 Å². The summed E-state index contributed by atoms with van der Waals surface area (Å²) in [7, 11) is 0. The lowest BCUT2D eigenvalue weighted by Gasteiger charge is -1.97. The SMILES string of the molecule is NC([O-])=NN/N=N/c1nn[nH]n1. The lowest BCUT2D eigenvalue weighted by molar-refractivity contribution is -0.218. The molecule has 0 aromatic carbocycles. The van der Waals surface area contributed by atoms with Crippen molar-refractivity contribution in [1.82, 2.24) is 26.2 Å².